The molecule has 0 aliphatic rings. The van der Waals surface area contributed by atoms with Crippen LogP contribution in [0.2, 0.25) is 0 Å². The summed E-state index contributed by atoms with van der Waals surface area (Å²) < 4.78 is 15.8. The van der Waals surface area contributed by atoms with Crippen molar-refractivity contribution >= 4 is 12.0 Å². The van der Waals surface area contributed by atoms with Gasteiger partial charge in [-0.3, -0.25) is 9.69 Å². The van der Waals surface area contributed by atoms with Gasteiger partial charge in [-0.05, 0) is 25.1 Å². The third-order valence-corrected chi connectivity index (χ3v) is 3.70. The Morgan fingerprint density at radius 3 is 2.80 bits per heavy atom. The van der Waals surface area contributed by atoms with Crippen LogP contribution < -0.4 is 4.74 Å². The molecule has 0 aliphatic heterocycles. The zero-order chi connectivity index (χ0) is 17.9. The van der Waals surface area contributed by atoms with E-state index in [9.17, 15) is 4.79 Å². The van der Waals surface area contributed by atoms with Gasteiger partial charge in [0.1, 0.15) is 11.5 Å². The van der Waals surface area contributed by atoms with Gasteiger partial charge >= 0.3 is 5.97 Å². The molecule has 0 saturated carbocycles. The highest BCUT2D eigenvalue weighted by atomic mass is 16.5. The first-order valence-electron chi connectivity index (χ1n) is 8.42. The lowest BCUT2D eigenvalue weighted by molar-refractivity contribution is -0.143. The number of rotatable bonds is 10. The molecule has 0 bridgehead atoms. The quantitative estimate of drug-likeness (QED) is 0.615. The highest BCUT2D eigenvalue weighted by Crippen LogP contribution is 2.18. The van der Waals surface area contributed by atoms with E-state index in [1.807, 2.05) is 49.4 Å². The number of carbonyl (C=O) groups excluding carboxylic acids is 1. The van der Waals surface area contributed by atoms with E-state index in [1.54, 1.807) is 13.4 Å². The Bertz CT molecular complexity index is 664. The third-order valence-electron chi connectivity index (χ3n) is 3.70. The number of hydrogen-bond donors (Lipinski definition) is 0. The van der Waals surface area contributed by atoms with Crippen LogP contribution in [-0.4, -0.2) is 37.7 Å². The minimum atomic E-state index is -0.180. The van der Waals surface area contributed by atoms with Crippen molar-refractivity contribution in [2.45, 2.75) is 19.9 Å². The number of nitrogens with zero attached hydrogens (tertiary/aromatic N) is 1. The molecular weight excluding hydrogens is 318 g/mol. The van der Waals surface area contributed by atoms with E-state index in [-0.39, 0.29) is 5.97 Å². The second-order valence-electron chi connectivity index (χ2n) is 5.51. The molecule has 1 heterocycles. The lowest BCUT2D eigenvalue weighted by Crippen LogP contribution is -2.26. The second kappa shape index (κ2) is 10.4. The van der Waals surface area contributed by atoms with E-state index in [0.29, 0.717) is 32.7 Å². The van der Waals surface area contributed by atoms with Crippen molar-refractivity contribution < 1.29 is 18.7 Å². The first-order valence-corrected chi connectivity index (χ1v) is 8.42. The normalized spacial score (nSPS) is 11.2. The molecule has 0 unspecified atom stereocenters. The highest BCUT2D eigenvalue weighted by molar-refractivity contribution is 5.69. The van der Waals surface area contributed by atoms with Gasteiger partial charge in [0, 0.05) is 18.7 Å². The summed E-state index contributed by atoms with van der Waals surface area (Å²) in [6.07, 6.45) is 6.10. The predicted molar refractivity (Wildman–Crippen MR) is 97.3 cm³/mol. The number of ether oxygens (including phenoxy) is 2. The molecule has 0 spiro atoms. The van der Waals surface area contributed by atoms with Gasteiger partial charge in [-0.2, -0.15) is 0 Å². The third kappa shape index (κ3) is 6.47. The SMILES string of the molecule is CCOC(=O)CCN(C/C=C/c1ccccc1OC)Cc1ccco1. The predicted octanol–water partition coefficient (Wildman–Crippen LogP) is 3.76. The maximum Gasteiger partial charge on any atom is 0.307 e. The number of carbonyl (C=O) groups is 1. The second-order valence-corrected chi connectivity index (χ2v) is 5.51. The molecule has 25 heavy (non-hydrogen) atoms. The Morgan fingerprint density at radius 1 is 1.24 bits per heavy atom. The van der Waals surface area contributed by atoms with Crippen LogP contribution in [0.1, 0.15) is 24.7 Å². The Kier molecular flexibility index (Phi) is 7.79. The van der Waals surface area contributed by atoms with E-state index in [4.69, 9.17) is 13.9 Å². The van der Waals surface area contributed by atoms with Crippen molar-refractivity contribution in [2.24, 2.45) is 0 Å². The highest BCUT2D eigenvalue weighted by Gasteiger charge is 2.10. The topological polar surface area (TPSA) is 51.9 Å². The van der Waals surface area contributed by atoms with Gasteiger partial charge in [0.25, 0.3) is 0 Å². The van der Waals surface area contributed by atoms with Gasteiger partial charge in [-0.25, -0.2) is 0 Å². The van der Waals surface area contributed by atoms with Crippen molar-refractivity contribution in [3.05, 3.63) is 60.1 Å². The summed E-state index contributed by atoms with van der Waals surface area (Å²) in [7, 11) is 1.66. The van der Waals surface area contributed by atoms with Crippen LogP contribution >= 0.6 is 0 Å². The summed E-state index contributed by atoms with van der Waals surface area (Å²) in [4.78, 5) is 13.8. The van der Waals surface area contributed by atoms with Crippen LogP contribution in [0.5, 0.6) is 5.75 Å². The number of furan rings is 1. The monoisotopic (exact) mass is 343 g/mol. The Labute approximate surface area is 148 Å². The standard InChI is InChI=1S/C20H25NO4/c1-3-24-20(22)12-14-21(16-18-10-7-15-25-18)13-6-9-17-8-4-5-11-19(17)23-2/h4-11,15H,3,12-14,16H2,1-2H3/b9-6+. The van der Waals surface area contributed by atoms with Gasteiger partial charge in [-0.1, -0.05) is 30.4 Å². The fourth-order valence-electron chi connectivity index (χ4n) is 2.47. The Morgan fingerprint density at radius 2 is 2.08 bits per heavy atom. The fraction of sp³-hybridized carbons (Fsp3) is 0.350. The summed E-state index contributed by atoms with van der Waals surface area (Å²) in [6.45, 7) is 4.16. The Hall–Kier alpha value is -2.53. The molecule has 1 aromatic heterocycles. The number of esters is 1. The van der Waals surface area contributed by atoms with Crippen LogP contribution in [-0.2, 0) is 16.1 Å². The van der Waals surface area contributed by atoms with Crippen molar-refractivity contribution in [3.8, 4) is 5.75 Å². The van der Waals surface area contributed by atoms with E-state index in [2.05, 4.69) is 11.0 Å². The van der Waals surface area contributed by atoms with Crippen molar-refractivity contribution in [1.82, 2.24) is 4.90 Å². The van der Waals surface area contributed by atoms with Gasteiger partial charge in [0.15, 0.2) is 0 Å². The average molecular weight is 343 g/mol. The lowest BCUT2D eigenvalue weighted by atomic mass is 10.2. The van der Waals surface area contributed by atoms with Crippen molar-refractivity contribution in [3.63, 3.8) is 0 Å². The van der Waals surface area contributed by atoms with Crippen LogP contribution in [0.3, 0.4) is 0 Å². The summed E-state index contributed by atoms with van der Waals surface area (Å²) >= 11 is 0. The van der Waals surface area contributed by atoms with Crippen LogP contribution in [0.15, 0.2) is 53.2 Å². The zero-order valence-corrected chi connectivity index (χ0v) is 14.8. The van der Waals surface area contributed by atoms with Gasteiger partial charge < -0.3 is 13.9 Å². The van der Waals surface area contributed by atoms with E-state index in [1.165, 1.54) is 0 Å². The molecule has 0 aliphatic carbocycles. The molecule has 5 heteroatoms. The first kappa shape index (κ1) is 18.8. The van der Waals surface area contributed by atoms with Crippen molar-refractivity contribution in [1.29, 1.82) is 0 Å². The van der Waals surface area contributed by atoms with E-state index in [0.717, 1.165) is 17.1 Å². The number of methoxy groups -OCH3 is 1. The maximum atomic E-state index is 11.6. The lowest BCUT2D eigenvalue weighted by Gasteiger charge is -2.19. The molecule has 0 atom stereocenters. The molecule has 1 aromatic carbocycles. The van der Waals surface area contributed by atoms with Gasteiger partial charge in [0.05, 0.1) is 32.9 Å². The van der Waals surface area contributed by atoms with Crippen molar-refractivity contribution in [2.75, 3.05) is 26.8 Å². The molecule has 2 aromatic rings. The molecule has 0 saturated heterocycles. The molecule has 5 nitrogen and oxygen atoms in total. The molecule has 0 fully saturated rings. The van der Waals surface area contributed by atoms with E-state index >= 15 is 0 Å². The summed E-state index contributed by atoms with van der Waals surface area (Å²) in [5, 5.41) is 0. The van der Waals surface area contributed by atoms with E-state index < -0.39 is 0 Å². The summed E-state index contributed by atoms with van der Waals surface area (Å²) in [5.74, 6) is 1.53. The van der Waals surface area contributed by atoms with Gasteiger partial charge in [-0.15, -0.1) is 0 Å². The average Bonchev–Trinajstić information content (AvgIpc) is 3.13. The molecular formula is C20H25NO4. The maximum absolute atomic E-state index is 11.6. The number of hydrogen-bond acceptors (Lipinski definition) is 5. The number of para-hydroxylation sites is 1. The molecule has 2 rings (SSSR count). The molecule has 134 valence electrons. The minimum Gasteiger partial charge on any atom is -0.496 e. The summed E-state index contributed by atoms with van der Waals surface area (Å²) in [6, 6.07) is 11.7. The Balaban J connectivity index is 1.96. The zero-order valence-electron chi connectivity index (χ0n) is 14.8. The van der Waals surface area contributed by atoms with Gasteiger partial charge in [0.2, 0.25) is 0 Å². The smallest absolute Gasteiger partial charge is 0.307 e. The van der Waals surface area contributed by atoms with Crippen LogP contribution in [0.4, 0.5) is 0 Å². The first-order chi connectivity index (χ1) is 12.2. The number of benzene rings is 1. The summed E-state index contributed by atoms with van der Waals surface area (Å²) in [5.41, 5.74) is 1.02. The van der Waals surface area contributed by atoms with Crippen LogP contribution in [0, 0.1) is 0 Å². The van der Waals surface area contributed by atoms with Crippen LogP contribution in [0.25, 0.3) is 6.08 Å². The molecule has 0 amide bonds. The largest absolute Gasteiger partial charge is 0.496 e. The minimum absolute atomic E-state index is 0.180. The fourth-order valence-corrected chi connectivity index (χ4v) is 2.47. The molecule has 0 N–H and O–H groups in total. The molecule has 0 radical (unpaired) electrons.